The van der Waals surface area contributed by atoms with Crippen molar-refractivity contribution in [1.82, 2.24) is 0 Å². The standard InChI is InChI=1S/C12H16ClNO3/c1-8-9(13)4-3-5-10(8)14-7-12(2,17)6-11(15)16/h3-5,14,17H,6-7H2,1-2H3,(H,15,16). The predicted molar refractivity (Wildman–Crippen MR) is 67.6 cm³/mol. The largest absolute Gasteiger partial charge is 0.481 e. The van der Waals surface area contributed by atoms with Crippen LogP contribution in [0, 0.1) is 6.92 Å². The van der Waals surface area contributed by atoms with Gasteiger partial charge in [-0.05, 0) is 31.5 Å². The average Bonchev–Trinajstić information content (AvgIpc) is 2.18. The first-order valence-corrected chi connectivity index (χ1v) is 5.63. The van der Waals surface area contributed by atoms with E-state index in [1.807, 2.05) is 13.0 Å². The summed E-state index contributed by atoms with van der Waals surface area (Å²) in [5.74, 6) is -1.03. The fourth-order valence-electron chi connectivity index (χ4n) is 1.47. The number of halogens is 1. The van der Waals surface area contributed by atoms with Gasteiger partial charge in [-0.1, -0.05) is 17.7 Å². The van der Waals surface area contributed by atoms with E-state index >= 15 is 0 Å². The third-order valence-electron chi connectivity index (χ3n) is 2.46. The lowest BCUT2D eigenvalue weighted by Gasteiger charge is -2.23. The van der Waals surface area contributed by atoms with E-state index in [0.29, 0.717) is 5.02 Å². The minimum absolute atomic E-state index is 0.153. The van der Waals surface area contributed by atoms with Crippen LogP contribution in [0.2, 0.25) is 5.02 Å². The fourth-order valence-corrected chi connectivity index (χ4v) is 1.65. The third-order valence-corrected chi connectivity index (χ3v) is 2.87. The summed E-state index contributed by atoms with van der Waals surface area (Å²) in [4.78, 5) is 10.5. The Balaban J connectivity index is 2.67. The van der Waals surface area contributed by atoms with E-state index in [4.69, 9.17) is 16.7 Å². The number of hydrogen-bond donors (Lipinski definition) is 3. The molecule has 0 aliphatic heterocycles. The van der Waals surface area contributed by atoms with Crippen LogP contribution in [0.25, 0.3) is 0 Å². The van der Waals surface area contributed by atoms with Gasteiger partial charge in [-0.2, -0.15) is 0 Å². The topological polar surface area (TPSA) is 69.6 Å². The summed E-state index contributed by atoms with van der Waals surface area (Å²) in [6, 6.07) is 5.40. The maximum absolute atomic E-state index is 10.5. The van der Waals surface area contributed by atoms with Crippen molar-refractivity contribution < 1.29 is 15.0 Å². The summed E-state index contributed by atoms with van der Waals surface area (Å²) in [5, 5.41) is 22.1. The monoisotopic (exact) mass is 257 g/mol. The van der Waals surface area contributed by atoms with E-state index in [0.717, 1.165) is 11.3 Å². The van der Waals surface area contributed by atoms with Crippen LogP contribution in [0.4, 0.5) is 5.69 Å². The molecule has 0 saturated carbocycles. The van der Waals surface area contributed by atoms with Gasteiger partial charge in [-0.15, -0.1) is 0 Å². The molecule has 1 aromatic carbocycles. The zero-order chi connectivity index (χ0) is 13.1. The first kappa shape index (κ1) is 13.8. The molecule has 3 N–H and O–H groups in total. The van der Waals surface area contributed by atoms with Gasteiger partial charge >= 0.3 is 5.97 Å². The summed E-state index contributed by atoms with van der Waals surface area (Å²) in [5.41, 5.74) is 0.379. The van der Waals surface area contributed by atoms with E-state index in [9.17, 15) is 9.90 Å². The van der Waals surface area contributed by atoms with Crippen LogP contribution in [0.3, 0.4) is 0 Å². The lowest BCUT2D eigenvalue weighted by atomic mass is 10.0. The molecule has 0 radical (unpaired) electrons. The van der Waals surface area contributed by atoms with Crippen LogP contribution in [-0.2, 0) is 4.79 Å². The number of rotatable bonds is 5. The Morgan fingerprint density at radius 1 is 1.53 bits per heavy atom. The number of hydrogen-bond acceptors (Lipinski definition) is 3. The van der Waals surface area contributed by atoms with Gasteiger partial charge in [0.1, 0.15) is 0 Å². The molecule has 0 heterocycles. The van der Waals surface area contributed by atoms with Crippen molar-refractivity contribution in [3.8, 4) is 0 Å². The summed E-state index contributed by atoms with van der Waals surface area (Å²) in [6.45, 7) is 3.49. The van der Waals surface area contributed by atoms with E-state index in [1.54, 1.807) is 12.1 Å². The second kappa shape index (κ2) is 5.38. The van der Waals surface area contributed by atoms with Gasteiger partial charge < -0.3 is 15.5 Å². The summed E-state index contributed by atoms with van der Waals surface area (Å²) in [6.07, 6.45) is -0.306. The molecule has 0 aliphatic rings. The zero-order valence-electron chi connectivity index (χ0n) is 9.83. The minimum atomic E-state index is -1.29. The van der Waals surface area contributed by atoms with Crippen LogP contribution in [0.5, 0.6) is 0 Å². The number of anilines is 1. The van der Waals surface area contributed by atoms with Crippen molar-refractivity contribution >= 4 is 23.3 Å². The summed E-state index contributed by atoms with van der Waals surface area (Å²) >= 11 is 5.95. The van der Waals surface area contributed by atoms with Crippen molar-refractivity contribution in [1.29, 1.82) is 0 Å². The van der Waals surface area contributed by atoms with E-state index in [2.05, 4.69) is 5.32 Å². The number of carbonyl (C=O) groups is 1. The quantitative estimate of drug-likeness (QED) is 0.757. The Labute approximate surface area is 105 Å². The Hall–Kier alpha value is -1.26. The van der Waals surface area contributed by atoms with Crippen molar-refractivity contribution in [2.75, 3.05) is 11.9 Å². The number of nitrogens with one attached hydrogen (secondary N) is 1. The van der Waals surface area contributed by atoms with Crippen LogP contribution < -0.4 is 5.32 Å². The number of aliphatic carboxylic acids is 1. The van der Waals surface area contributed by atoms with E-state index in [-0.39, 0.29) is 13.0 Å². The van der Waals surface area contributed by atoms with Gasteiger partial charge in [0, 0.05) is 17.3 Å². The van der Waals surface area contributed by atoms with Gasteiger partial charge in [0.05, 0.1) is 12.0 Å². The first-order chi connectivity index (χ1) is 7.82. The van der Waals surface area contributed by atoms with Gasteiger partial charge in [-0.3, -0.25) is 4.79 Å². The fraction of sp³-hybridized carbons (Fsp3) is 0.417. The van der Waals surface area contributed by atoms with Gasteiger partial charge in [0.25, 0.3) is 0 Å². The maximum atomic E-state index is 10.5. The third kappa shape index (κ3) is 4.24. The molecule has 4 nitrogen and oxygen atoms in total. The SMILES string of the molecule is Cc1c(Cl)cccc1NCC(C)(O)CC(=O)O. The molecular weight excluding hydrogens is 242 g/mol. The number of carboxylic acid groups (broad SMARTS) is 1. The molecule has 0 saturated heterocycles. The van der Waals surface area contributed by atoms with Crippen molar-refractivity contribution in [3.63, 3.8) is 0 Å². The molecule has 17 heavy (non-hydrogen) atoms. The molecule has 5 heteroatoms. The van der Waals surface area contributed by atoms with Gasteiger partial charge in [0.15, 0.2) is 0 Å². The highest BCUT2D eigenvalue weighted by atomic mass is 35.5. The summed E-state index contributed by atoms with van der Waals surface area (Å²) < 4.78 is 0. The molecule has 0 aromatic heterocycles. The molecule has 0 bridgehead atoms. The van der Waals surface area contributed by atoms with Crippen molar-refractivity contribution in [2.45, 2.75) is 25.9 Å². The van der Waals surface area contributed by atoms with Crippen LogP contribution in [-0.4, -0.2) is 28.3 Å². The van der Waals surface area contributed by atoms with E-state index < -0.39 is 11.6 Å². The first-order valence-electron chi connectivity index (χ1n) is 5.25. The van der Waals surface area contributed by atoms with Crippen LogP contribution in [0.15, 0.2) is 18.2 Å². The Morgan fingerprint density at radius 2 is 2.18 bits per heavy atom. The van der Waals surface area contributed by atoms with Crippen LogP contribution in [0.1, 0.15) is 18.9 Å². The Bertz CT molecular complexity index is 418. The Morgan fingerprint density at radius 3 is 2.76 bits per heavy atom. The smallest absolute Gasteiger partial charge is 0.306 e. The molecule has 1 aromatic rings. The highest BCUT2D eigenvalue weighted by Crippen LogP contribution is 2.23. The molecule has 1 unspecified atom stereocenters. The lowest BCUT2D eigenvalue weighted by molar-refractivity contribution is -0.141. The molecule has 0 aliphatic carbocycles. The van der Waals surface area contributed by atoms with Crippen molar-refractivity contribution in [2.24, 2.45) is 0 Å². The molecule has 1 atom stereocenters. The molecule has 94 valence electrons. The molecular formula is C12H16ClNO3. The normalized spacial score (nSPS) is 14.1. The van der Waals surface area contributed by atoms with Crippen molar-refractivity contribution in [3.05, 3.63) is 28.8 Å². The number of carboxylic acids is 1. The highest BCUT2D eigenvalue weighted by molar-refractivity contribution is 6.31. The number of aliphatic hydroxyl groups is 1. The van der Waals surface area contributed by atoms with Gasteiger partial charge in [-0.25, -0.2) is 0 Å². The zero-order valence-corrected chi connectivity index (χ0v) is 10.6. The Kier molecular flexibility index (Phi) is 4.37. The predicted octanol–water partition coefficient (Wildman–Crippen LogP) is 2.29. The second-order valence-electron chi connectivity index (χ2n) is 4.33. The molecule has 0 amide bonds. The number of benzene rings is 1. The minimum Gasteiger partial charge on any atom is -0.481 e. The summed E-state index contributed by atoms with van der Waals surface area (Å²) in [7, 11) is 0. The second-order valence-corrected chi connectivity index (χ2v) is 4.74. The van der Waals surface area contributed by atoms with Gasteiger partial charge in [0.2, 0.25) is 0 Å². The average molecular weight is 258 g/mol. The molecule has 0 fully saturated rings. The van der Waals surface area contributed by atoms with E-state index in [1.165, 1.54) is 6.92 Å². The van der Waals surface area contributed by atoms with Crippen LogP contribution >= 0.6 is 11.6 Å². The molecule has 0 spiro atoms. The lowest BCUT2D eigenvalue weighted by Crippen LogP contribution is -2.36. The maximum Gasteiger partial charge on any atom is 0.306 e. The highest BCUT2D eigenvalue weighted by Gasteiger charge is 2.24. The molecule has 1 rings (SSSR count).